The van der Waals surface area contributed by atoms with Gasteiger partial charge in [0.1, 0.15) is 11.6 Å². The Morgan fingerprint density at radius 2 is 2.19 bits per heavy atom. The smallest absolute Gasteiger partial charge is 0.352 e. The Balaban J connectivity index is 4.18. The van der Waals surface area contributed by atoms with Gasteiger partial charge in [0.2, 0.25) is 6.29 Å². The molecule has 0 aliphatic carbocycles. The molecule has 0 radical (unpaired) electrons. The van der Waals surface area contributed by atoms with Gasteiger partial charge in [0.25, 0.3) is 0 Å². The summed E-state index contributed by atoms with van der Waals surface area (Å²) in [7, 11) is 1.44. The molecule has 90 valence electrons. The highest BCUT2D eigenvalue weighted by molar-refractivity contribution is 5.92. The third-order valence-corrected chi connectivity index (χ3v) is 1.80. The molecule has 0 aromatic rings. The van der Waals surface area contributed by atoms with Crippen LogP contribution in [0.25, 0.3) is 0 Å². The van der Waals surface area contributed by atoms with E-state index in [1.807, 2.05) is 13.8 Å². The van der Waals surface area contributed by atoms with Crippen LogP contribution in [0.3, 0.4) is 0 Å². The van der Waals surface area contributed by atoms with Crippen LogP contribution in [-0.2, 0) is 19.3 Å². The van der Waals surface area contributed by atoms with Crippen LogP contribution < -0.4 is 0 Å². The van der Waals surface area contributed by atoms with Crippen LogP contribution in [0.2, 0.25) is 0 Å². The standard InChI is InChI=1S/C11H17NO4/c1-4-6-7-9(8-12)11(13)16-15-10(5-2)14-3/h7,10H,4-6H2,1-3H3. The summed E-state index contributed by atoms with van der Waals surface area (Å²) in [4.78, 5) is 20.5. The van der Waals surface area contributed by atoms with E-state index in [4.69, 9.17) is 14.9 Å². The van der Waals surface area contributed by atoms with Gasteiger partial charge < -0.3 is 4.74 Å². The maximum atomic E-state index is 11.3. The van der Waals surface area contributed by atoms with E-state index >= 15 is 0 Å². The normalized spacial score (nSPS) is 13.0. The van der Waals surface area contributed by atoms with Crippen molar-refractivity contribution in [1.82, 2.24) is 0 Å². The third kappa shape index (κ3) is 5.49. The second-order valence-corrected chi connectivity index (χ2v) is 3.06. The van der Waals surface area contributed by atoms with E-state index in [-0.39, 0.29) is 5.57 Å². The fourth-order valence-electron chi connectivity index (χ4n) is 0.880. The number of hydrogen-bond acceptors (Lipinski definition) is 5. The van der Waals surface area contributed by atoms with E-state index in [1.165, 1.54) is 13.2 Å². The summed E-state index contributed by atoms with van der Waals surface area (Å²) in [5, 5.41) is 8.70. The van der Waals surface area contributed by atoms with Gasteiger partial charge in [-0.25, -0.2) is 4.79 Å². The molecule has 1 atom stereocenters. The molecule has 5 nitrogen and oxygen atoms in total. The van der Waals surface area contributed by atoms with Gasteiger partial charge in [-0.2, -0.15) is 10.1 Å². The lowest BCUT2D eigenvalue weighted by Crippen LogP contribution is -2.18. The summed E-state index contributed by atoms with van der Waals surface area (Å²) < 4.78 is 4.84. The van der Waals surface area contributed by atoms with E-state index in [9.17, 15) is 4.79 Å². The Bertz CT molecular complexity index is 276. The molecule has 0 spiro atoms. The number of nitrogens with zero attached hydrogens (tertiary/aromatic N) is 1. The van der Waals surface area contributed by atoms with Crippen molar-refractivity contribution < 1.29 is 19.3 Å². The van der Waals surface area contributed by atoms with E-state index < -0.39 is 12.3 Å². The van der Waals surface area contributed by atoms with Gasteiger partial charge in [-0.1, -0.05) is 26.3 Å². The lowest BCUT2D eigenvalue weighted by Gasteiger charge is -2.11. The highest BCUT2D eigenvalue weighted by atomic mass is 17.2. The SMILES string of the molecule is CCCC=C(C#N)C(=O)OOC(CC)OC. The summed E-state index contributed by atoms with van der Waals surface area (Å²) in [6.07, 6.45) is 2.98. The molecule has 0 fully saturated rings. The Kier molecular flexibility index (Phi) is 8.12. The lowest BCUT2D eigenvalue weighted by atomic mass is 10.2. The van der Waals surface area contributed by atoms with Gasteiger partial charge in [-0.05, 0) is 12.8 Å². The van der Waals surface area contributed by atoms with Crippen molar-refractivity contribution in [2.45, 2.75) is 39.4 Å². The Morgan fingerprint density at radius 1 is 1.50 bits per heavy atom. The van der Waals surface area contributed by atoms with Gasteiger partial charge in [-0.3, -0.25) is 4.89 Å². The Labute approximate surface area is 95.5 Å². The van der Waals surface area contributed by atoms with E-state index in [2.05, 4.69) is 4.89 Å². The van der Waals surface area contributed by atoms with Crippen LogP contribution in [0.15, 0.2) is 11.6 Å². The molecular formula is C11H17NO4. The fourth-order valence-corrected chi connectivity index (χ4v) is 0.880. The van der Waals surface area contributed by atoms with Crippen molar-refractivity contribution in [3.05, 3.63) is 11.6 Å². The molecule has 0 aromatic carbocycles. The number of carbonyl (C=O) groups excluding carboxylic acids is 1. The quantitative estimate of drug-likeness (QED) is 0.219. The highest BCUT2D eigenvalue weighted by Gasteiger charge is 2.14. The van der Waals surface area contributed by atoms with E-state index in [0.717, 1.165) is 6.42 Å². The minimum absolute atomic E-state index is 0.0483. The predicted molar refractivity (Wildman–Crippen MR) is 56.9 cm³/mol. The maximum absolute atomic E-state index is 11.3. The molecule has 16 heavy (non-hydrogen) atoms. The number of ether oxygens (including phenoxy) is 1. The number of rotatable bonds is 7. The minimum Gasteiger partial charge on any atom is -0.352 e. The van der Waals surface area contributed by atoms with Crippen molar-refractivity contribution in [2.24, 2.45) is 0 Å². The first-order valence-corrected chi connectivity index (χ1v) is 5.20. The van der Waals surface area contributed by atoms with Crippen LogP contribution in [-0.4, -0.2) is 19.4 Å². The van der Waals surface area contributed by atoms with Crippen LogP contribution in [0.5, 0.6) is 0 Å². The van der Waals surface area contributed by atoms with Gasteiger partial charge in [0, 0.05) is 7.11 Å². The summed E-state index contributed by atoms with van der Waals surface area (Å²) in [6.45, 7) is 3.77. The molecule has 0 saturated carbocycles. The summed E-state index contributed by atoms with van der Waals surface area (Å²) in [6, 6.07) is 1.76. The lowest BCUT2D eigenvalue weighted by molar-refractivity contribution is -0.345. The average molecular weight is 227 g/mol. The van der Waals surface area contributed by atoms with Crippen molar-refractivity contribution in [2.75, 3.05) is 7.11 Å². The maximum Gasteiger partial charge on any atom is 0.383 e. The number of nitriles is 1. The van der Waals surface area contributed by atoms with Gasteiger partial charge in [0.15, 0.2) is 0 Å². The topological polar surface area (TPSA) is 68.6 Å². The third-order valence-electron chi connectivity index (χ3n) is 1.80. The van der Waals surface area contributed by atoms with Gasteiger partial charge >= 0.3 is 5.97 Å². The summed E-state index contributed by atoms with van der Waals surface area (Å²) in [5.41, 5.74) is -0.0483. The predicted octanol–water partition coefficient (Wildman–Crippen LogP) is 2.09. The number of unbranched alkanes of at least 4 members (excludes halogenated alkanes) is 1. The second-order valence-electron chi connectivity index (χ2n) is 3.06. The summed E-state index contributed by atoms with van der Waals surface area (Å²) >= 11 is 0. The molecule has 0 bridgehead atoms. The van der Waals surface area contributed by atoms with Crippen molar-refractivity contribution >= 4 is 5.97 Å². The minimum atomic E-state index is -0.786. The zero-order valence-corrected chi connectivity index (χ0v) is 9.86. The Hall–Kier alpha value is -1.38. The molecular weight excluding hydrogens is 210 g/mol. The Morgan fingerprint density at radius 3 is 2.62 bits per heavy atom. The molecule has 5 heteroatoms. The van der Waals surface area contributed by atoms with Crippen molar-refractivity contribution in [1.29, 1.82) is 5.26 Å². The van der Waals surface area contributed by atoms with Gasteiger partial charge in [0.05, 0.1) is 0 Å². The van der Waals surface area contributed by atoms with Crippen LogP contribution >= 0.6 is 0 Å². The molecule has 0 heterocycles. The molecule has 0 saturated heterocycles. The monoisotopic (exact) mass is 227 g/mol. The first-order chi connectivity index (χ1) is 7.69. The molecule has 0 aliphatic heterocycles. The first kappa shape index (κ1) is 14.6. The summed E-state index contributed by atoms with van der Waals surface area (Å²) in [5.74, 6) is -0.786. The average Bonchev–Trinajstić information content (AvgIpc) is 2.31. The first-order valence-electron chi connectivity index (χ1n) is 5.20. The van der Waals surface area contributed by atoms with E-state index in [0.29, 0.717) is 12.8 Å². The molecule has 0 rings (SSSR count). The molecule has 0 aromatic heterocycles. The molecule has 0 amide bonds. The number of methoxy groups -OCH3 is 1. The molecule has 0 N–H and O–H groups in total. The molecule has 1 unspecified atom stereocenters. The number of hydrogen-bond donors (Lipinski definition) is 0. The van der Waals surface area contributed by atoms with E-state index in [1.54, 1.807) is 6.07 Å². The van der Waals surface area contributed by atoms with Crippen LogP contribution in [0.4, 0.5) is 0 Å². The van der Waals surface area contributed by atoms with Gasteiger partial charge in [-0.15, -0.1) is 0 Å². The van der Waals surface area contributed by atoms with Crippen molar-refractivity contribution in [3.8, 4) is 6.07 Å². The zero-order valence-electron chi connectivity index (χ0n) is 9.86. The number of allylic oxidation sites excluding steroid dienone is 1. The molecule has 0 aliphatic rings. The van der Waals surface area contributed by atoms with Crippen LogP contribution in [0, 0.1) is 11.3 Å². The zero-order chi connectivity index (χ0) is 12.4. The fraction of sp³-hybridized carbons (Fsp3) is 0.636. The highest BCUT2D eigenvalue weighted by Crippen LogP contribution is 2.05. The number of carbonyl (C=O) groups is 1. The second kappa shape index (κ2) is 8.89. The van der Waals surface area contributed by atoms with Crippen LogP contribution in [0.1, 0.15) is 33.1 Å². The van der Waals surface area contributed by atoms with Crippen molar-refractivity contribution in [3.63, 3.8) is 0 Å². The largest absolute Gasteiger partial charge is 0.383 e.